The van der Waals surface area contributed by atoms with Crippen LogP contribution >= 0.6 is 12.4 Å². The highest BCUT2D eigenvalue weighted by molar-refractivity contribution is 5.93. The number of anilines is 2. The molecule has 0 unspecified atom stereocenters. The van der Waals surface area contributed by atoms with Crippen molar-refractivity contribution in [1.29, 1.82) is 0 Å². The average Bonchev–Trinajstić information content (AvgIpc) is 2.79. The van der Waals surface area contributed by atoms with Crippen molar-refractivity contribution < 1.29 is 14.3 Å². The van der Waals surface area contributed by atoms with Crippen LogP contribution in [0.2, 0.25) is 0 Å². The van der Waals surface area contributed by atoms with Gasteiger partial charge in [-0.3, -0.25) is 14.7 Å². The number of aryl methyl sites for hydroxylation is 1. The molecule has 7 nitrogen and oxygen atoms in total. The highest BCUT2D eigenvalue weighted by atomic mass is 35.5. The number of para-hydroxylation sites is 1. The second-order valence-electron chi connectivity index (χ2n) is 7.97. The quantitative estimate of drug-likeness (QED) is 0.651. The van der Waals surface area contributed by atoms with Crippen molar-refractivity contribution in [3.63, 3.8) is 0 Å². The van der Waals surface area contributed by atoms with Crippen molar-refractivity contribution in [2.75, 3.05) is 56.2 Å². The summed E-state index contributed by atoms with van der Waals surface area (Å²) >= 11 is 0. The summed E-state index contributed by atoms with van der Waals surface area (Å²) in [5.41, 5.74) is 4.00. The Labute approximate surface area is 193 Å². The molecule has 0 aliphatic carbocycles. The van der Waals surface area contributed by atoms with Crippen molar-refractivity contribution in [3.8, 4) is 11.5 Å². The Kier molecular flexibility index (Phi) is 6.67. The number of aromatic nitrogens is 1. The summed E-state index contributed by atoms with van der Waals surface area (Å²) in [5.74, 6) is 1.38. The number of fused-ring (bicyclic) bond motifs is 2. The number of hydrogen-bond donors (Lipinski definition) is 1. The van der Waals surface area contributed by atoms with E-state index in [0.717, 1.165) is 48.8 Å². The molecule has 32 heavy (non-hydrogen) atoms. The Morgan fingerprint density at radius 2 is 1.75 bits per heavy atom. The van der Waals surface area contributed by atoms with Crippen molar-refractivity contribution in [1.82, 2.24) is 9.88 Å². The smallest absolute Gasteiger partial charge is 0.238 e. The largest absolute Gasteiger partial charge is 0.486 e. The Hall–Kier alpha value is -3.03. The lowest BCUT2D eigenvalue weighted by atomic mass is 10.1. The van der Waals surface area contributed by atoms with E-state index in [1.807, 2.05) is 31.2 Å². The zero-order chi connectivity index (χ0) is 21.2. The lowest BCUT2D eigenvalue weighted by Gasteiger charge is -2.36. The predicted molar refractivity (Wildman–Crippen MR) is 128 cm³/mol. The number of nitrogens with zero attached hydrogens (tertiary/aromatic N) is 3. The Morgan fingerprint density at radius 3 is 2.56 bits per heavy atom. The van der Waals surface area contributed by atoms with Crippen LogP contribution < -0.4 is 19.7 Å². The van der Waals surface area contributed by atoms with Gasteiger partial charge in [0, 0.05) is 54.7 Å². The molecule has 0 saturated carbocycles. The molecule has 2 aromatic carbocycles. The van der Waals surface area contributed by atoms with Crippen LogP contribution in [-0.4, -0.2) is 61.7 Å². The van der Waals surface area contributed by atoms with E-state index in [1.165, 1.54) is 11.1 Å². The third kappa shape index (κ3) is 4.74. The molecule has 1 saturated heterocycles. The van der Waals surface area contributed by atoms with Gasteiger partial charge in [-0.2, -0.15) is 0 Å². The summed E-state index contributed by atoms with van der Waals surface area (Å²) < 4.78 is 11.1. The molecule has 8 heteroatoms. The van der Waals surface area contributed by atoms with Gasteiger partial charge in [0.1, 0.15) is 13.2 Å². The Balaban J connectivity index is 0.00000245. The van der Waals surface area contributed by atoms with E-state index in [1.54, 1.807) is 0 Å². The first-order chi connectivity index (χ1) is 15.2. The minimum absolute atomic E-state index is 0. The summed E-state index contributed by atoms with van der Waals surface area (Å²) in [7, 11) is 0. The zero-order valence-electron chi connectivity index (χ0n) is 18.0. The number of benzene rings is 2. The molecule has 2 aliphatic heterocycles. The molecule has 5 rings (SSSR count). The minimum atomic E-state index is -0.0182. The van der Waals surface area contributed by atoms with Crippen LogP contribution in [0.1, 0.15) is 5.69 Å². The Morgan fingerprint density at radius 1 is 1.00 bits per heavy atom. The molecule has 2 aliphatic rings. The first-order valence-electron chi connectivity index (χ1n) is 10.7. The number of carbonyl (C=O) groups excluding carboxylic acids is 1. The van der Waals surface area contributed by atoms with Gasteiger partial charge in [0.2, 0.25) is 5.91 Å². The molecular formula is C24H27ClN4O3. The lowest BCUT2D eigenvalue weighted by Crippen LogP contribution is -2.48. The van der Waals surface area contributed by atoms with Gasteiger partial charge in [0.15, 0.2) is 11.5 Å². The topological polar surface area (TPSA) is 66.9 Å². The van der Waals surface area contributed by atoms with Gasteiger partial charge in [-0.1, -0.05) is 18.2 Å². The maximum absolute atomic E-state index is 12.6. The fourth-order valence-electron chi connectivity index (χ4n) is 4.22. The highest BCUT2D eigenvalue weighted by Gasteiger charge is 2.21. The summed E-state index contributed by atoms with van der Waals surface area (Å²) in [4.78, 5) is 21.8. The van der Waals surface area contributed by atoms with Crippen LogP contribution in [0.3, 0.4) is 0 Å². The number of carbonyl (C=O) groups is 1. The van der Waals surface area contributed by atoms with Gasteiger partial charge in [0.05, 0.1) is 12.1 Å². The van der Waals surface area contributed by atoms with Gasteiger partial charge in [-0.25, -0.2) is 0 Å². The number of ether oxygens (including phenoxy) is 2. The zero-order valence-corrected chi connectivity index (χ0v) is 18.9. The summed E-state index contributed by atoms with van der Waals surface area (Å²) in [6.07, 6.45) is 0. The standard InChI is InChI=1S/C24H26N4O3.ClH/c1-17-14-21(19-4-2-3-5-20(19)25-17)28-10-8-27(9-11-28)16-24(29)26-18-6-7-22-23(15-18)31-13-12-30-22;/h2-7,14-15H,8-13,16H2,1H3,(H,26,29);1H. The summed E-state index contributed by atoms with van der Waals surface area (Å²) in [6.45, 7) is 6.93. The fourth-order valence-corrected chi connectivity index (χ4v) is 4.22. The van der Waals surface area contributed by atoms with Crippen molar-refractivity contribution in [2.45, 2.75) is 6.92 Å². The van der Waals surface area contributed by atoms with E-state index >= 15 is 0 Å². The molecule has 0 spiro atoms. The highest BCUT2D eigenvalue weighted by Crippen LogP contribution is 2.32. The van der Waals surface area contributed by atoms with E-state index in [-0.39, 0.29) is 18.3 Å². The Bertz CT molecular complexity index is 1120. The molecule has 1 fully saturated rings. The molecule has 168 valence electrons. The van der Waals surface area contributed by atoms with Gasteiger partial charge in [-0.05, 0) is 31.2 Å². The predicted octanol–water partition coefficient (Wildman–Crippen LogP) is 3.50. The second kappa shape index (κ2) is 9.63. The molecule has 0 radical (unpaired) electrons. The first-order valence-corrected chi connectivity index (χ1v) is 10.7. The van der Waals surface area contributed by atoms with Gasteiger partial charge >= 0.3 is 0 Å². The second-order valence-corrected chi connectivity index (χ2v) is 7.97. The number of hydrogen-bond acceptors (Lipinski definition) is 6. The molecule has 0 atom stereocenters. The van der Waals surface area contributed by atoms with E-state index in [4.69, 9.17) is 9.47 Å². The van der Waals surface area contributed by atoms with Crippen LogP contribution in [0.4, 0.5) is 11.4 Å². The van der Waals surface area contributed by atoms with E-state index in [2.05, 4.69) is 44.4 Å². The van der Waals surface area contributed by atoms with Gasteiger partial charge in [-0.15, -0.1) is 12.4 Å². The average molecular weight is 455 g/mol. The number of piperazine rings is 1. The molecule has 0 bridgehead atoms. The van der Waals surface area contributed by atoms with E-state index in [0.29, 0.717) is 25.5 Å². The molecule has 1 amide bonds. The maximum atomic E-state index is 12.6. The number of pyridine rings is 1. The number of amides is 1. The van der Waals surface area contributed by atoms with Crippen molar-refractivity contribution in [3.05, 3.63) is 54.2 Å². The third-order valence-corrected chi connectivity index (χ3v) is 5.73. The lowest BCUT2D eigenvalue weighted by molar-refractivity contribution is -0.117. The SMILES string of the molecule is Cc1cc(N2CCN(CC(=O)Nc3ccc4c(c3)OCCO4)CC2)c2ccccc2n1.Cl. The van der Waals surface area contributed by atoms with Crippen molar-refractivity contribution >= 4 is 40.6 Å². The summed E-state index contributed by atoms with van der Waals surface area (Å²) in [5, 5.41) is 4.15. The van der Waals surface area contributed by atoms with Gasteiger partial charge < -0.3 is 19.7 Å². The third-order valence-electron chi connectivity index (χ3n) is 5.73. The molecule has 3 aromatic rings. The maximum Gasteiger partial charge on any atom is 0.238 e. The van der Waals surface area contributed by atoms with Crippen LogP contribution in [-0.2, 0) is 4.79 Å². The monoisotopic (exact) mass is 454 g/mol. The molecule has 3 heterocycles. The van der Waals surface area contributed by atoms with Crippen LogP contribution in [0.25, 0.3) is 10.9 Å². The van der Waals surface area contributed by atoms with E-state index < -0.39 is 0 Å². The fraction of sp³-hybridized carbons (Fsp3) is 0.333. The molecule has 1 aromatic heterocycles. The normalized spacial score (nSPS) is 15.8. The van der Waals surface area contributed by atoms with Gasteiger partial charge in [0.25, 0.3) is 0 Å². The van der Waals surface area contributed by atoms with Crippen LogP contribution in [0, 0.1) is 6.92 Å². The van der Waals surface area contributed by atoms with E-state index in [9.17, 15) is 4.79 Å². The van der Waals surface area contributed by atoms with Crippen molar-refractivity contribution in [2.24, 2.45) is 0 Å². The minimum Gasteiger partial charge on any atom is -0.486 e. The molecular weight excluding hydrogens is 428 g/mol. The number of rotatable bonds is 4. The number of halogens is 1. The van der Waals surface area contributed by atoms with Crippen LogP contribution in [0.15, 0.2) is 48.5 Å². The molecule has 1 N–H and O–H groups in total. The van der Waals surface area contributed by atoms with Crippen LogP contribution in [0.5, 0.6) is 11.5 Å². The number of nitrogens with one attached hydrogen (secondary N) is 1. The first kappa shape index (κ1) is 22.2. The summed E-state index contributed by atoms with van der Waals surface area (Å²) in [6, 6.07) is 15.9.